The van der Waals surface area contributed by atoms with Crippen molar-refractivity contribution in [2.75, 3.05) is 0 Å². The van der Waals surface area contributed by atoms with Crippen LogP contribution in [0.15, 0.2) is 170 Å². The summed E-state index contributed by atoms with van der Waals surface area (Å²) in [6, 6.07) is 62.0. The molecule has 246 valence electrons. The Labute approximate surface area is 304 Å². The highest BCUT2D eigenvalue weighted by Crippen LogP contribution is 2.46. The van der Waals surface area contributed by atoms with E-state index in [0.717, 1.165) is 22.5 Å². The number of hydrogen-bond donors (Lipinski definition) is 0. The van der Waals surface area contributed by atoms with Gasteiger partial charge in [0.1, 0.15) is 0 Å². The molecule has 0 unspecified atom stereocenters. The SMILES string of the molecule is Cc1c(-c2ccc(-n3c4ccccc4c4cc5c6ccccc6n6c7ccccc7c(c43)c56)cc2)nc2ccccc2c1-c1ccc2ccccc2c1. The number of hydrogen-bond acceptors (Lipinski definition) is 1. The zero-order valence-electron chi connectivity index (χ0n) is 29.0. The van der Waals surface area contributed by atoms with Gasteiger partial charge in [0.05, 0.1) is 38.8 Å². The van der Waals surface area contributed by atoms with E-state index in [4.69, 9.17) is 4.98 Å². The lowest BCUT2D eigenvalue weighted by Gasteiger charge is -2.16. The van der Waals surface area contributed by atoms with Crippen LogP contribution >= 0.6 is 0 Å². The van der Waals surface area contributed by atoms with Crippen LogP contribution in [0.4, 0.5) is 0 Å². The van der Waals surface area contributed by atoms with Gasteiger partial charge in [0.25, 0.3) is 0 Å². The molecule has 0 aliphatic heterocycles. The number of aromatic nitrogens is 3. The Hall–Kier alpha value is -6.97. The summed E-state index contributed by atoms with van der Waals surface area (Å²) < 4.78 is 4.95. The van der Waals surface area contributed by atoms with E-state index in [0.29, 0.717) is 0 Å². The maximum atomic E-state index is 5.29. The second-order valence-corrected chi connectivity index (χ2v) is 14.4. The number of pyridine rings is 1. The smallest absolute Gasteiger partial charge is 0.0745 e. The first kappa shape index (κ1) is 28.7. The molecule has 3 heteroatoms. The number of para-hydroxylation sites is 4. The van der Waals surface area contributed by atoms with Crippen LogP contribution in [0.3, 0.4) is 0 Å². The molecule has 0 spiro atoms. The monoisotopic (exact) mass is 673 g/mol. The summed E-state index contributed by atoms with van der Waals surface area (Å²) in [6.07, 6.45) is 0. The van der Waals surface area contributed by atoms with Gasteiger partial charge in [-0.2, -0.15) is 0 Å². The summed E-state index contributed by atoms with van der Waals surface area (Å²) >= 11 is 0. The topological polar surface area (TPSA) is 22.2 Å². The van der Waals surface area contributed by atoms with Gasteiger partial charge in [0.2, 0.25) is 0 Å². The Bertz CT molecular complexity index is 3450. The third kappa shape index (κ3) is 3.86. The fourth-order valence-electron chi connectivity index (χ4n) is 9.30. The third-order valence-corrected chi connectivity index (χ3v) is 11.6. The molecule has 4 heterocycles. The lowest BCUT2D eigenvalue weighted by Crippen LogP contribution is -1.97. The van der Waals surface area contributed by atoms with E-state index in [2.05, 4.69) is 186 Å². The maximum Gasteiger partial charge on any atom is 0.0745 e. The second kappa shape index (κ2) is 10.5. The van der Waals surface area contributed by atoms with Gasteiger partial charge in [0.15, 0.2) is 0 Å². The molecule has 0 bridgehead atoms. The lowest BCUT2D eigenvalue weighted by atomic mass is 9.91. The van der Waals surface area contributed by atoms with Crippen LogP contribution in [0, 0.1) is 6.92 Å². The van der Waals surface area contributed by atoms with Crippen molar-refractivity contribution in [2.24, 2.45) is 0 Å². The molecule has 3 nitrogen and oxygen atoms in total. The van der Waals surface area contributed by atoms with Crippen molar-refractivity contribution in [3.63, 3.8) is 0 Å². The fourth-order valence-corrected chi connectivity index (χ4v) is 9.30. The zero-order chi connectivity index (χ0) is 34.8. The third-order valence-electron chi connectivity index (χ3n) is 11.6. The Morgan fingerprint density at radius 3 is 1.81 bits per heavy atom. The van der Waals surface area contributed by atoms with Crippen molar-refractivity contribution in [1.82, 2.24) is 14.0 Å². The van der Waals surface area contributed by atoms with Crippen molar-refractivity contribution in [3.8, 4) is 28.1 Å². The number of benzene rings is 8. The van der Waals surface area contributed by atoms with Crippen LogP contribution in [0.5, 0.6) is 0 Å². The van der Waals surface area contributed by atoms with Crippen LogP contribution < -0.4 is 0 Å². The van der Waals surface area contributed by atoms with E-state index in [1.54, 1.807) is 0 Å². The van der Waals surface area contributed by atoms with Crippen molar-refractivity contribution in [1.29, 1.82) is 0 Å². The molecule has 0 saturated carbocycles. The minimum absolute atomic E-state index is 1.00. The van der Waals surface area contributed by atoms with Crippen molar-refractivity contribution >= 4 is 81.6 Å². The minimum Gasteiger partial charge on any atom is -0.309 e. The summed E-state index contributed by atoms with van der Waals surface area (Å²) in [5, 5.41) is 11.4. The van der Waals surface area contributed by atoms with Crippen LogP contribution in [0.1, 0.15) is 5.56 Å². The Balaban J connectivity index is 1.11. The van der Waals surface area contributed by atoms with E-state index in [9.17, 15) is 0 Å². The highest BCUT2D eigenvalue weighted by Gasteiger charge is 2.24. The lowest BCUT2D eigenvalue weighted by molar-refractivity contribution is 1.19. The minimum atomic E-state index is 1.00. The van der Waals surface area contributed by atoms with E-state index < -0.39 is 0 Å². The number of rotatable bonds is 3. The predicted molar refractivity (Wildman–Crippen MR) is 224 cm³/mol. The van der Waals surface area contributed by atoms with Crippen molar-refractivity contribution in [3.05, 3.63) is 175 Å². The standard InChI is InChI=1S/C50H31N3/c1-30-46(34-23-22-31-12-2-3-13-33(31)28-34)38-16-4-8-18-42(38)51-48(30)32-24-26-35(27-25-32)52-43-19-9-5-14-36(43)40-29-41-37-15-6-10-20-44(37)53-45-21-11-7-17-39(45)47(49(40)52)50(41)53/h2-29H,1H3. The molecule has 12 rings (SSSR count). The molecule has 0 atom stereocenters. The quantitative estimate of drug-likeness (QED) is 0.183. The summed E-state index contributed by atoms with van der Waals surface area (Å²) in [5.41, 5.74) is 14.1. The molecular weight excluding hydrogens is 643 g/mol. The molecule has 0 fully saturated rings. The summed E-state index contributed by atoms with van der Waals surface area (Å²) in [6.45, 7) is 2.23. The first-order valence-corrected chi connectivity index (χ1v) is 18.3. The van der Waals surface area contributed by atoms with Gasteiger partial charge >= 0.3 is 0 Å². The number of fused-ring (bicyclic) bond motifs is 12. The first-order chi connectivity index (χ1) is 26.2. The van der Waals surface area contributed by atoms with Crippen LogP contribution in [0.2, 0.25) is 0 Å². The highest BCUT2D eigenvalue weighted by molar-refractivity contribution is 6.34. The molecular formula is C50H31N3. The second-order valence-electron chi connectivity index (χ2n) is 14.4. The van der Waals surface area contributed by atoms with Crippen LogP contribution in [0.25, 0.3) is 110 Å². The highest BCUT2D eigenvalue weighted by atomic mass is 15.0. The molecule has 8 aromatic carbocycles. The maximum absolute atomic E-state index is 5.29. The molecule has 12 aromatic rings. The van der Waals surface area contributed by atoms with Gasteiger partial charge in [-0.25, -0.2) is 4.98 Å². The summed E-state index contributed by atoms with van der Waals surface area (Å²) in [5.74, 6) is 0. The normalized spacial score (nSPS) is 12.2. The zero-order valence-corrected chi connectivity index (χ0v) is 29.0. The molecule has 0 N–H and O–H groups in total. The molecule has 0 aliphatic carbocycles. The Morgan fingerprint density at radius 2 is 1.02 bits per heavy atom. The molecule has 4 aromatic heterocycles. The van der Waals surface area contributed by atoms with Crippen LogP contribution in [-0.4, -0.2) is 14.0 Å². The summed E-state index contributed by atoms with van der Waals surface area (Å²) in [7, 11) is 0. The largest absolute Gasteiger partial charge is 0.309 e. The first-order valence-electron chi connectivity index (χ1n) is 18.3. The van der Waals surface area contributed by atoms with E-state index >= 15 is 0 Å². The molecule has 0 saturated heterocycles. The van der Waals surface area contributed by atoms with Crippen molar-refractivity contribution in [2.45, 2.75) is 6.92 Å². The molecule has 0 radical (unpaired) electrons. The van der Waals surface area contributed by atoms with Gasteiger partial charge in [-0.15, -0.1) is 0 Å². The molecule has 53 heavy (non-hydrogen) atoms. The van der Waals surface area contributed by atoms with E-state index in [1.165, 1.54) is 92.7 Å². The molecule has 0 aliphatic rings. The van der Waals surface area contributed by atoms with Crippen molar-refractivity contribution < 1.29 is 0 Å². The average molecular weight is 674 g/mol. The Morgan fingerprint density at radius 1 is 0.434 bits per heavy atom. The fraction of sp³-hybridized carbons (Fsp3) is 0.0200. The van der Waals surface area contributed by atoms with E-state index in [-0.39, 0.29) is 0 Å². The van der Waals surface area contributed by atoms with Crippen LogP contribution in [-0.2, 0) is 0 Å². The predicted octanol–water partition coefficient (Wildman–Crippen LogP) is 13.3. The van der Waals surface area contributed by atoms with E-state index in [1.807, 2.05) is 0 Å². The van der Waals surface area contributed by atoms with Gasteiger partial charge in [-0.1, -0.05) is 121 Å². The Kier molecular flexibility index (Phi) is 5.70. The average Bonchev–Trinajstić information content (AvgIpc) is 3.85. The van der Waals surface area contributed by atoms with Gasteiger partial charge in [-0.05, 0) is 82.9 Å². The number of nitrogens with zero attached hydrogens (tertiary/aromatic N) is 3. The summed E-state index contributed by atoms with van der Waals surface area (Å²) in [4.78, 5) is 5.29. The van der Waals surface area contributed by atoms with Gasteiger partial charge in [0, 0.05) is 49.0 Å². The van der Waals surface area contributed by atoms with Gasteiger partial charge < -0.3 is 8.97 Å². The molecule has 0 amide bonds. The van der Waals surface area contributed by atoms with Gasteiger partial charge in [-0.3, -0.25) is 0 Å².